The zero-order valence-corrected chi connectivity index (χ0v) is 20.3. The Morgan fingerprint density at radius 3 is 2.12 bits per heavy atom. The molecule has 7 nitrogen and oxygen atoms in total. The Morgan fingerprint density at radius 1 is 1.03 bits per heavy atom. The van der Waals surface area contributed by atoms with Gasteiger partial charge < -0.3 is 20.5 Å². The van der Waals surface area contributed by atoms with E-state index in [1.165, 1.54) is 13.8 Å². The second-order valence-electron chi connectivity index (χ2n) is 9.68. The van der Waals surface area contributed by atoms with E-state index in [4.69, 9.17) is 4.74 Å². The lowest BCUT2D eigenvalue weighted by Crippen LogP contribution is -2.50. The fraction of sp³-hybridized carbons (Fsp3) is 0.444. The van der Waals surface area contributed by atoms with Crippen LogP contribution in [-0.4, -0.2) is 42.3 Å². The molecule has 0 saturated heterocycles. The van der Waals surface area contributed by atoms with Gasteiger partial charge in [0.15, 0.2) is 0 Å². The van der Waals surface area contributed by atoms with Gasteiger partial charge in [0.1, 0.15) is 12.6 Å². The third-order valence-corrected chi connectivity index (χ3v) is 6.57. The van der Waals surface area contributed by atoms with Gasteiger partial charge in [0.05, 0.1) is 5.41 Å². The highest BCUT2D eigenvalue weighted by Crippen LogP contribution is 2.44. The molecule has 0 aromatic heterocycles. The van der Waals surface area contributed by atoms with E-state index in [0.29, 0.717) is 6.42 Å². The van der Waals surface area contributed by atoms with Gasteiger partial charge >= 0.3 is 12.1 Å². The molecule has 0 spiro atoms. The van der Waals surface area contributed by atoms with Gasteiger partial charge in [-0.05, 0) is 48.4 Å². The molecule has 2 aromatic carbocycles. The van der Waals surface area contributed by atoms with Gasteiger partial charge in [0.2, 0.25) is 5.91 Å². The van der Waals surface area contributed by atoms with E-state index >= 15 is 0 Å². The minimum absolute atomic E-state index is 0.0372. The molecule has 3 rings (SSSR count). The Morgan fingerprint density at radius 2 is 1.59 bits per heavy atom. The monoisotopic (exact) mass is 466 g/mol. The molecule has 0 aliphatic heterocycles. The summed E-state index contributed by atoms with van der Waals surface area (Å²) >= 11 is 0. The van der Waals surface area contributed by atoms with Crippen LogP contribution >= 0.6 is 0 Å². The van der Waals surface area contributed by atoms with Gasteiger partial charge in [-0.15, -0.1) is 0 Å². The van der Waals surface area contributed by atoms with E-state index in [2.05, 4.69) is 22.8 Å². The Bertz CT molecular complexity index is 1000. The number of benzene rings is 2. The summed E-state index contributed by atoms with van der Waals surface area (Å²) in [5.74, 6) is -1.30. The van der Waals surface area contributed by atoms with Crippen molar-refractivity contribution in [3.63, 3.8) is 0 Å². The summed E-state index contributed by atoms with van der Waals surface area (Å²) < 4.78 is 5.60. The number of rotatable bonds is 10. The number of carboxylic acids is 1. The number of aliphatic carboxylic acids is 1. The average Bonchev–Trinajstić information content (AvgIpc) is 3.14. The van der Waals surface area contributed by atoms with Crippen molar-refractivity contribution in [1.82, 2.24) is 10.6 Å². The molecule has 34 heavy (non-hydrogen) atoms. The lowest BCUT2D eigenvalue weighted by atomic mass is 9.93. The summed E-state index contributed by atoms with van der Waals surface area (Å²) in [6, 6.07) is 15.4. The van der Waals surface area contributed by atoms with E-state index in [1.54, 1.807) is 0 Å². The van der Waals surface area contributed by atoms with Gasteiger partial charge in [0.25, 0.3) is 0 Å². The first-order chi connectivity index (χ1) is 16.1. The summed E-state index contributed by atoms with van der Waals surface area (Å²) in [5, 5.41) is 14.7. The van der Waals surface area contributed by atoms with E-state index in [9.17, 15) is 19.5 Å². The van der Waals surface area contributed by atoms with Crippen molar-refractivity contribution in [2.24, 2.45) is 11.3 Å². The first kappa shape index (κ1) is 25.3. The number of amides is 2. The van der Waals surface area contributed by atoms with Crippen molar-refractivity contribution in [2.45, 2.75) is 52.5 Å². The fourth-order valence-electron chi connectivity index (χ4n) is 4.09. The van der Waals surface area contributed by atoms with Crippen molar-refractivity contribution in [2.75, 3.05) is 13.2 Å². The van der Waals surface area contributed by atoms with Crippen LogP contribution in [0.15, 0.2) is 48.5 Å². The van der Waals surface area contributed by atoms with Crippen LogP contribution in [0.2, 0.25) is 0 Å². The zero-order valence-electron chi connectivity index (χ0n) is 20.3. The van der Waals surface area contributed by atoms with E-state index in [1.807, 2.05) is 50.2 Å². The number of alkyl carbamates (subject to hydrolysis) is 1. The molecule has 3 N–H and O–H groups in total. The molecule has 2 atom stereocenters. The second kappa shape index (κ2) is 10.7. The summed E-state index contributed by atoms with van der Waals surface area (Å²) in [4.78, 5) is 36.9. The fourth-order valence-corrected chi connectivity index (χ4v) is 4.09. The Labute approximate surface area is 200 Å². The van der Waals surface area contributed by atoms with Crippen LogP contribution in [0, 0.1) is 11.3 Å². The van der Waals surface area contributed by atoms with E-state index in [0.717, 1.165) is 28.7 Å². The predicted octanol–water partition coefficient (Wildman–Crippen LogP) is 4.56. The van der Waals surface area contributed by atoms with Crippen LogP contribution in [0.3, 0.4) is 0 Å². The van der Waals surface area contributed by atoms with Crippen LogP contribution in [-0.2, 0) is 14.3 Å². The lowest BCUT2D eigenvalue weighted by Gasteiger charge is -2.24. The SMILES string of the molecule is CCC(C)CC(NC(=O)OCC1c2ccccc2-c2ccccc21)C(=O)NCC(C)(C)C(=O)O. The number of hydrogen-bond acceptors (Lipinski definition) is 4. The smallest absolute Gasteiger partial charge is 0.407 e. The van der Waals surface area contributed by atoms with Gasteiger partial charge in [-0.2, -0.15) is 0 Å². The lowest BCUT2D eigenvalue weighted by molar-refractivity contribution is -0.146. The van der Waals surface area contributed by atoms with Crippen molar-refractivity contribution in [1.29, 1.82) is 0 Å². The Hall–Kier alpha value is -3.35. The molecule has 7 heteroatoms. The highest BCUT2D eigenvalue weighted by atomic mass is 16.5. The van der Waals surface area contributed by atoms with Gasteiger partial charge in [-0.1, -0.05) is 68.8 Å². The van der Waals surface area contributed by atoms with Crippen molar-refractivity contribution < 1.29 is 24.2 Å². The van der Waals surface area contributed by atoms with Gasteiger partial charge in [-0.3, -0.25) is 9.59 Å². The van der Waals surface area contributed by atoms with Gasteiger partial charge in [0, 0.05) is 12.5 Å². The molecule has 2 unspecified atom stereocenters. The van der Waals surface area contributed by atoms with Crippen LogP contribution in [0.5, 0.6) is 0 Å². The molecule has 0 saturated carbocycles. The van der Waals surface area contributed by atoms with Crippen molar-refractivity contribution in [3.05, 3.63) is 59.7 Å². The maximum atomic E-state index is 12.8. The zero-order chi connectivity index (χ0) is 24.9. The standard InChI is InChI=1S/C27H34N2O5/c1-5-17(2)14-23(24(30)28-16-27(3,4)25(31)32)29-26(33)34-15-22-20-12-8-6-10-18(20)19-11-7-9-13-21(19)22/h6-13,17,22-23H,5,14-16H2,1-4H3,(H,28,30)(H,29,33)(H,31,32). The highest BCUT2D eigenvalue weighted by Gasteiger charge is 2.32. The van der Waals surface area contributed by atoms with Crippen LogP contribution in [0.4, 0.5) is 4.79 Å². The summed E-state index contributed by atoms with van der Waals surface area (Å²) in [7, 11) is 0. The van der Waals surface area contributed by atoms with Crippen molar-refractivity contribution >= 4 is 18.0 Å². The number of carbonyl (C=O) groups is 3. The minimum atomic E-state index is -1.11. The molecular formula is C27H34N2O5. The molecule has 0 radical (unpaired) electrons. The first-order valence-corrected chi connectivity index (χ1v) is 11.8. The number of hydrogen-bond donors (Lipinski definition) is 3. The highest BCUT2D eigenvalue weighted by molar-refractivity contribution is 5.86. The normalized spacial score (nSPS) is 14.5. The van der Waals surface area contributed by atoms with E-state index in [-0.39, 0.29) is 25.0 Å². The number of ether oxygens (including phenoxy) is 1. The molecule has 1 aliphatic carbocycles. The molecule has 0 fully saturated rings. The Kier molecular flexibility index (Phi) is 7.97. The van der Waals surface area contributed by atoms with Crippen molar-refractivity contribution in [3.8, 4) is 11.1 Å². The minimum Gasteiger partial charge on any atom is -0.481 e. The number of fused-ring (bicyclic) bond motifs is 3. The van der Waals surface area contributed by atoms with Crippen LogP contribution < -0.4 is 10.6 Å². The second-order valence-corrected chi connectivity index (χ2v) is 9.68. The third-order valence-electron chi connectivity index (χ3n) is 6.57. The summed E-state index contributed by atoms with van der Waals surface area (Å²) in [6.45, 7) is 7.21. The Balaban J connectivity index is 1.65. The topological polar surface area (TPSA) is 105 Å². The average molecular weight is 467 g/mol. The molecule has 2 aromatic rings. The molecule has 182 valence electrons. The summed E-state index contributed by atoms with van der Waals surface area (Å²) in [5.41, 5.74) is 3.40. The van der Waals surface area contributed by atoms with E-state index < -0.39 is 29.4 Å². The maximum Gasteiger partial charge on any atom is 0.407 e. The molecule has 0 heterocycles. The van der Waals surface area contributed by atoms with Crippen LogP contribution in [0.1, 0.15) is 57.6 Å². The summed E-state index contributed by atoms with van der Waals surface area (Å²) in [6.07, 6.45) is 0.611. The number of carboxylic acid groups (broad SMARTS) is 1. The molecule has 1 aliphatic rings. The number of carbonyl (C=O) groups excluding carboxylic acids is 2. The van der Waals surface area contributed by atoms with Gasteiger partial charge in [-0.25, -0.2) is 4.79 Å². The maximum absolute atomic E-state index is 12.8. The first-order valence-electron chi connectivity index (χ1n) is 11.8. The molecular weight excluding hydrogens is 432 g/mol. The van der Waals surface area contributed by atoms with Crippen LogP contribution in [0.25, 0.3) is 11.1 Å². The third kappa shape index (κ3) is 5.76. The predicted molar refractivity (Wildman–Crippen MR) is 130 cm³/mol. The number of nitrogens with one attached hydrogen (secondary N) is 2. The molecule has 2 amide bonds. The largest absolute Gasteiger partial charge is 0.481 e. The quantitative estimate of drug-likeness (QED) is 0.476. The molecule has 0 bridgehead atoms.